The minimum atomic E-state index is -0.570. The van der Waals surface area contributed by atoms with Crippen LogP contribution in [0.15, 0.2) is 36.4 Å². The summed E-state index contributed by atoms with van der Waals surface area (Å²) in [6.07, 6.45) is -0.430. The Bertz CT molecular complexity index is 517. The van der Waals surface area contributed by atoms with Crippen molar-refractivity contribution in [3.8, 4) is 5.75 Å². The van der Waals surface area contributed by atoms with E-state index in [2.05, 4.69) is 0 Å². The molecule has 1 N–H and O–H groups in total. The molecule has 0 spiro atoms. The molecule has 96 valence electrons. The Kier molecular flexibility index (Phi) is 4.04. The summed E-state index contributed by atoms with van der Waals surface area (Å²) < 4.78 is 5.64. The number of aliphatic hydroxyl groups is 1. The first kappa shape index (κ1) is 13.1. The lowest BCUT2D eigenvalue weighted by Gasteiger charge is -2.13. The molecule has 1 atom stereocenters. The quantitative estimate of drug-likeness (QED) is 0.904. The van der Waals surface area contributed by atoms with Crippen molar-refractivity contribution in [2.24, 2.45) is 0 Å². The molecule has 0 aliphatic heterocycles. The summed E-state index contributed by atoms with van der Waals surface area (Å²) in [7, 11) is 0. The number of hydrogen-bond donors (Lipinski definition) is 1. The highest BCUT2D eigenvalue weighted by atomic mass is 32.1. The van der Waals surface area contributed by atoms with Crippen LogP contribution in [0.1, 0.15) is 35.3 Å². The zero-order valence-electron chi connectivity index (χ0n) is 10.9. The van der Waals surface area contributed by atoms with E-state index in [1.807, 2.05) is 57.2 Å². The van der Waals surface area contributed by atoms with Crippen LogP contribution in [0.5, 0.6) is 5.75 Å². The third-order valence-electron chi connectivity index (χ3n) is 2.58. The summed E-state index contributed by atoms with van der Waals surface area (Å²) in [4.78, 5) is 2.17. The van der Waals surface area contributed by atoms with Crippen molar-refractivity contribution < 1.29 is 9.84 Å². The maximum Gasteiger partial charge on any atom is 0.120 e. The Labute approximate surface area is 112 Å². The van der Waals surface area contributed by atoms with Crippen molar-refractivity contribution in [3.05, 3.63) is 51.7 Å². The molecule has 1 heterocycles. The normalized spacial score (nSPS) is 12.7. The summed E-state index contributed by atoms with van der Waals surface area (Å²) in [5.74, 6) is 0.801. The average Bonchev–Trinajstić information content (AvgIpc) is 2.74. The second-order valence-electron chi connectivity index (χ2n) is 4.59. The second kappa shape index (κ2) is 5.55. The Morgan fingerprint density at radius 2 is 1.94 bits per heavy atom. The summed E-state index contributed by atoms with van der Waals surface area (Å²) in [6, 6.07) is 11.7. The van der Waals surface area contributed by atoms with Gasteiger partial charge in [0.2, 0.25) is 0 Å². The van der Waals surface area contributed by atoms with Gasteiger partial charge in [-0.25, -0.2) is 0 Å². The lowest BCUT2D eigenvalue weighted by molar-refractivity contribution is 0.220. The lowest BCUT2D eigenvalue weighted by atomic mass is 10.1. The van der Waals surface area contributed by atoms with E-state index in [4.69, 9.17) is 4.74 Å². The lowest BCUT2D eigenvalue weighted by Crippen LogP contribution is -2.06. The largest absolute Gasteiger partial charge is 0.491 e. The van der Waals surface area contributed by atoms with Gasteiger partial charge in [-0.2, -0.15) is 0 Å². The Morgan fingerprint density at radius 1 is 1.17 bits per heavy atom. The smallest absolute Gasteiger partial charge is 0.120 e. The topological polar surface area (TPSA) is 29.5 Å². The van der Waals surface area contributed by atoms with Crippen molar-refractivity contribution >= 4 is 11.3 Å². The molecule has 3 heteroatoms. The molecule has 0 aliphatic carbocycles. The molecule has 2 nitrogen and oxygen atoms in total. The third kappa shape index (κ3) is 3.12. The van der Waals surface area contributed by atoms with Crippen molar-refractivity contribution in [2.75, 3.05) is 0 Å². The molecule has 0 saturated heterocycles. The summed E-state index contributed by atoms with van der Waals surface area (Å²) in [5.41, 5.74) is 0.870. The predicted molar refractivity (Wildman–Crippen MR) is 75.3 cm³/mol. The molecule has 0 fully saturated rings. The van der Waals surface area contributed by atoms with Gasteiger partial charge >= 0.3 is 0 Å². The highest BCUT2D eigenvalue weighted by Crippen LogP contribution is 2.29. The maximum atomic E-state index is 10.3. The van der Waals surface area contributed by atoms with Crippen molar-refractivity contribution in [2.45, 2.75) is 33.0 Å². The number of thiophene rings is 1. The van der Waals surface area contributed by atoms with Gasteiger partial charge in [-0.05, 0) is 50.6 Å². The standard InChI is InChI=1S/C15H18O2S/c1-10(2)17-13-6-4-5-12(9-13)15(16)14-8-7-11(3)18-14/h4-10,15-16H,1-3H3/t15-/m0/s1. The van der Waals surface area contributed by atoms with Crippen LogP contribution in [-0.4, -0.2) is 11.2 Å². The number of aliphatic hydroxyl groups excluding tert-OH is 1. The number of benzene rings is 1. The Balaban J connectivity index is 2.22. The molecule has 2 rings (SSSR count). The summed E-state index contributed by atoms with van der Waals surface area (Å²) >= 11 is 1.62. The van der Waals surface area contributed by atoms with Crippen LogP contribution >= 0.6 is 11.3 Å². The van der Waals surface area contributed by atoms with Crippen molar-refractivity contribution in [1.29, 1.82) is 0 Å². The molecule has 2 aromatic rings. The zero-order valence-corrected chi connectivity index (χ0v) is 11.7. The van der Waals surface area contributed by atoms with Gasteiger partial charge in [0.05, 0.1) is 6.10 Å². The maximum absolute atomic E-state index is 10.3. The fourth-order valence-corrected chi connectivity index (χ4v) is 2.69. The Hall–Kier alpha value is -1.32. The number of rotatable bonds is 4. The van der Waals surface area contributed by atoms with E-state index in [1.54, 1.807) is 11.3 Å². The average molecular weight is 262 g/mol. The van der Waals surface area contributed by atoms with E-state index in [0.717, 1.165) is 16.2 Å². The highest BCUT2D eigenvalue weighted by Gasteiger charge is 2.13. The molecular formula is C15H18O2S. The van der Waals surface area contributed by atoms with Gasteiger partial charge < -0.3 is 9.84 Å². The van der Waals surface area contributed by atoms with Crippen LogP contribution in [0.2, 0.25) is 0 Å². The highest BCUT2D eigenvalue weighted by molar-refractivity contribution is 7.12. The first-order valence-electron chi connectivity index (χ1n) is 6.07. The number of hydrogen-bond acceptors (Lipinski definition) is 3. The summed E-state index contributed by atoms with van der Waals surface area (Å²) in [6.45, 7) is 6.02. The van der Waals surface area contributed by atoms with E-state index < -0.39 is 6.10 Å². The molecular weight excluding hydrogens is 244 g/mol. The predicted octanol–water partition coefficient (Wildman–Crippen LogP) is 3.93. The molecule has 0 unspecified atom stereocenters. The first-order valence-corrected chi connectivity index (χ1v) is 6.89. The molecule has 0 saturated carbocycles. The number of aryl methyl sites for hydroxylation is 1. The van der Waals surface area contributed by atoms with Gasteiger partial charge in [0.25, 0.3) is 0 Å². The van der Waals surface area contributed by atoms with Gasteiger partial charge in [0.15, 0.2) is 0 Å². The van der Waals surface area contributed by atoms with Gasteiger partial charge in [-0.3, -0.25) is 0 Å². The third-order valence-corrected chi connectivity index (χ3v) is 3.63. The minimum absolute atomic E-state index is 0.140. The first-order chi connectivity index (χ1) is 8.56. The molecule has 18 heavy (non-hydrogen) atoms. The van der Waals surface area contributed by atoms with Gasteiger partial charge in [-0.1, -0.05) is 12.1 Å². The summed E-state index contributed by atoms with van der Waals surface area (Å²) in [5, 5.41) is 10.3. The van der Waals surface area contributed by atoms with Gasteiger partial charge in [-0.15, -0.1) is 11.3 Å². The van der Waals surface area contributed by atoms with E-state index >= 15 is 0 Å². The SMILES string of the molecule is Cc1ccc([C@@H](O)c2cccc(OC(C)C)c2)s1. The molecule has 0 aliphatic rings. The fourth-order valence-electron chi connectivity index (χ4n) is 1.79. The molecule has 0 bridgehead atoms. The van der Waals surface area contributed by atoms with Crippen LogP contribution in [0.4, 0.5) is 0 Å². The van der Waals surface area contributed by atoms with Crippen LogP contribution in [0.25, 0.3) is 0 Å². The molecule has 1 aromatic heterocycles. The van der Waals surface area contributed by atoms with Gasteiger partial charge in [0, 0.05) is 9.75 Å². The Morgan fingerprint density at radius 3 is 2.56 bits per heavy atom. The van der Waals surface area contributed by atoms with Gasteiger partial charge in [0.1, 0.15) is 11.9 Å². The van der Waals surface area contributed by atoms with E-state index in [1.165, 1.54) is 4.88 Å². The van der Waals surface area contributed by atoms with Crippen LogP contribution in [-0.2, 0) is 0 Å². The number of ether oxygens (including phenoxy) is 1. The molecule has 0 amide bonds. The molecule has 1 aromatic carbocycles. The second-order valence-corrected chi connectivity index (χ2v) is 5.91. The minimum Gasteiger partial charge on any atom is -0.491 e. The van der Waals surface area contributed by atoms with Crippen LogP contribution in [0.3, 0.4) is 0 Å². The van der Waals surface area contributed by atoms with Crippen LogP contribution < -0.4 is 4.74 Å². The zero-order chi connectivity index (χ0) is 13.1. The van der Waals surface area contributed by atoms with E-state index in [0.29, 0.717) is 0 Å². The fraction of sp³-hybridized carbons (Fsp3) is 0.333. The van der Waals surface area contributed by atoms with Crippen molar-refractivity contribution in [3.63, 3.8) is 0 Å². The van der Waals surface area contributed by atoms with E-state index in [-0.39, 0.29) is 6.10 Å². The van der Waals surface area contributed by atoms with Crippen molar-refractivity contribution in [1.82, 2.24) is 0 Å². The van der Waals surface area contributed by atoms with Crippen LogP contribution in [0, 0.1) is 6.92 Å². The van der Waals surface area contributed by atoms with E-state index in [9.17, 15) is 5.11 Å². The molecule has 0 radical (unpaired) electrons. The monoisotopic (exact) mass is 262 g/mol.